The van der Waals surface area contributed by atoms with Gasteiger partial charge in [-0.3, -0.25) is 11.3 Å². The second-order valence-electron chi connectivity index (χ2n) is 5.86. The van der Waals surface area contributed by atoms with Crippen LogP contribution in [0.15, 0.2) is 18.2 Å². The first-order chi connectivity index (χ1) is 9.86. The third kappa shape index (κ3) is 3.07. The van der Waals surface area contributed by atoms with E-state index in [1.54, 1.807) is 0 Å². The molecule has 4 nitrogen and oxygen atoms in total. The highest BCUT2D eigenvalue weighted by molar-refractivity contribution is 5.44. The normalized spacial score (nSPS) is 20.6. The number of hydrazine groups is 1. The van der Waals surface area contributed by atoms with Crippen LogP contribution in [0.3, 0.4) is 0 Å². The van der Waals surface area contributed by atoms with Gasteiger partial charge < -0.3 is 9.47 Å². The van der Waals surface area contributed by atoms with Crippen molar-refractivity contribution in [3.63, 3.8) is 0 Å². The van der Waals surface area contributed by atoms with Crippen molar-refractivity contribution in [2.24, 2.45) is 11.8 Å². The summed E-state index contributed by atoms with van der Waals surface area (Å²) >= 11 is 0. The molecule has 1 saturated carbocycles. The molecule has 110 valence electrons. The summed E-state index contributed by atoms with van der Waals surface area (Å²) in [5, 5.41) is 0. The molecule has 0 radical (unpaired) electrons. The van der Waals surface area contributed by atoms with Crippen LogP contribution in [-0.2, 0) is 0 Å². The smallest absolute Gasteiger partial charge is 0.161 e. The molecule has 3 N–H and O–H groups in total. The fourth-order valence-electron chi connectivity index (χ4n) is 3.33. The van der Waals surface area contributed by atoms with Crippen LogP contribution >= 0.6 is 0 Å². The Morgan fingerprint density at radius 3 is 2.60 bits per heavy atom. The van der Waals surface area contributed by atoms with E-state index in [2.05, 4.69) is 17.6 Å². The van der Waals surface area contributed by atoms with Crippen LogP contribution in [0.4, 0.5) is 0 Å². The molecule has 1 aromatic carbocycles. The van der Waals surface area contributed by atoms with Gasteiger partial charge in [-0.05, 0) is 30.0 Å². The minimum atomic E-state index is 0.203. The minimum Gasteiger partial charge on any atom is -0.486 e. The lowest BCUT2D eigenvalue weighted by Gasteiger charge is -2.27. The number of nitrogens with one attached hydrogen (secondary N) is 1. The van der Waals surface area contributed by atoms with Crippen molar-refractivity contribution >= 4 is 0 Å². The fourth-order valence-corrected chi connectivity index (χ4v) is 3.33. The Hall–Kier alpha value is -1.26. The van der Waals surface area contributed by atoms with E-state index in [0.29, 0.717) is 13.2 Å². The highest BCUT2D eigenvalue weighted by Gasteiger charge is 2.21. The van der Waals surface area contributed by atoms with E-state index in [1.165, 1.54) is 37.7 Å². The van der Waals surface area contributed by atoms with E-state index in [9.17, 15) is 0 Å². The Morgan fingerprint density at radius 1 is 1.10 bits per heavy atom. The third-order valence-corrected chi connectivity index (χ3v) is 4.46. The molecule has 0 amide bonds. The quantitative estimate of drug-likeness (QED) is 0.656. The Bertz CT molecular complexity index is 444. The van der Waals surface area contributed by atoms with Gasteiger partial charge >= 0.3 is 0 Å². The lowest BCUT2D eigenvalue weighted by atomic mass is 9.83. The zero-order chi connectivity index (χ0) is 13.8. The molecule has 1 unspecified atom stereocenters. The second kappa shape index (κ2) is 6.46. The van der Waals surface area contributed by atoms with Crippen LogP contribution in [0.2, 0.25) is 0 Å². The Morgan fingerprint density at radius 2 is 1.85 bits per heavy atom. The standard InChI is InChI=1S/C16H24N2O2/c17-18-14(10-12-4-2-1-3-5-12)13-6-7-15-16(11-13)20-9-8-19-15/h6-7,11-12,14,18H,1-5,8-10,17H2. The molecule has 1 atom stereocenters. The van der Waals surface area contributed by atoms with Gasteiger partial charge in [-0.25, -0.2) is 0 Å². The van der Waals surface area contributed by atoms with Gasteiger partial charge in [-0.2, -0.15) is 0 Å². The van der Waals surface area contributed by atoms with E-state index in [4.69, 9.17) is 15.3 Å². The Balaban J connectivity index is 1.71. The predicted molar refractivity (Wildman–Crippen MR) is 78.7 cm³/mol. The number of ether oxygens (including phenoxy) is 2. The molecule has 20 heavy (non-hydrogen) atoms. The molecule has 4 heteroatoms. The van der Waals surface area contributed by atoms with Gasteiger partial charge in [0.2, 0.25) is 0 Å². The summed E-state index contributed by atoms with van der Waals surface area (Å²) in [6.07, 6.45) is 7.90. The fraction of sp³-hybridized carbons (Fsp3) is 0.625. The highest BCUT2D eigenvalue weighted by Crippen LogP contribution is 2.36. The van der Waals surface area contributed by atoms with Gasteiger partial charge in [0.25, 0.3) is 0 Å². The first-order valence-electron chi connectivity index (χ1n) is 7.72. The topological polar surface area (TPSA) is 56.5 Å². The summed E-state index contributed by atoms with van der Waals surface area (Å²) in [5.41, 5.74) is 4.17. The van der Waals surface area contributed by atoms with E-state index in [1.807, 2.05) is 6.07 Å². The zero-order valence-electron chi connectivity index (χ0n) is 11.9. The first kappa shape index (κ1) is 13.7. The molecule has 3 rings (SSSR count). The minimum absolute atomic E-state index is 0.203. The number of fused-ring (bicyclic) bond motifs is 1. The van der Waals surface area contributed by atoms with Crippen LogP contribution in [0.1, 0.15) is 50.1 Å². The van der Waals surface area contributed by atoms with E-state index in [-0.39, 0.29) is 6.04 Å². The van der Waals surface area contributed by atoms with Gasteiger partial charge in [-0.1, -0.05) is 38.2 Å². The lowest BCUT2D eigenvalue weighted by Crippen LogP contribution is -2.30. The maximum atomic E-state index is 5.78. The van der Waals surface area contributed by atoms with Crippen molar-refractivity contribution in [2.45, 2.75) is 44.6 Å². The van der Waals surface area contributed by atoms with Crippen molar-refractivity contribution in [3.05, 3.63) is 23.8 Å². The SMILES string of the molecule is NNC(CC1CCCCC1)c1ccc2c(c1)OCCO2. The third-order valence-electron chi connectivity index (χ3n) is 4.46. The number of nitrogens with two attached hydrogens (primary N) is 1. The van der Waals surface area contributed by atoms with E-state index in [0.717, 1.165) is 23.8 Å². The number of rotatable bonds is 4. The van der Waals surface area contributed by atoms with Crippen molar-refractivity contribution in [2.75, 3.05) is 13.2 Å². The molecule has 1 heterocycles. The number of hydrogen-bond donors (Lipinski definition) is 2. The van der Waals surface area contributed by atoms with Crippen LogP contribution < -0.4 is 20.7 Å². The van der Waals surface area contributed by atoms with Gasteiger partial charge in [-0.15, -0.1) is 0 Å². The monoisotopic (exact) mass is 276 g/mol. The number of benzene rings is 1. The average Bonchev–Trinajstić information content (AvgIpc) is 2.53. The molecule has 0 spiro atoms. The lowest BCUT2D eigenvalue weighted by molar-refractivity contribution is 0.171. The first-order valence-corrected chi connectivity index (χ1v) is 7.72. The molecule has 1 aliphatic carbocycles. The molecule has 0 saturated heterocycles. The molecule has 2 aliphatic rings. The van der Waals surface area contributed by atoms with Crippen LogP contribution in [0.5, 0.6) is 11.5 Å². The molecular weight excluding hydrogens is 252 g/mol. The molecule has 0 bridgehead atoms. The van der Waals surface area contributed by atoms with Gasteiger partial charge in [0, 0.05) is 6.04 Å². The van der Waals surface area contributed by atoms with Crippen molar-refractivity contribution < 1.29 is 9.47 Å². The van der Waals surface area contributed by atoms with E-state index >= 15 is 0 Å². The van der Waals surface area contributed by atoms with Crippen molar-refractivity contribution in [1.82, 2.24) is 5.43 Å². The van der Waals surface area contributed by atoms with Crippen molar-refractivity contribution in [3.8, 4) is 11.5 Å². The Labute approximate surface area is 120 Å². The molecular formula is C16H24N2O2. The van der Waals surface area contributed by atoms with Crippen LogP contribution in [-0.4, -0.2) is 13.2 Å². The molecule has 1 fully saturated rings. The van der Waals surface area contributed by atoms with Crippen LogP contribution in [0.25, 0.3) is 0 Å². The maximum absolute atomic E-state index is 5.78. The summed E-state index contributed by atoms with van der Waals surface area (Å²) in [5.74, 6) is 8.25. The molecule has 1 aliphatic heterocycles. The Kier molecular flexibility index (Phi) is 4.43. The second-order valence-corrected chi connectivity index (χ2v) is 5.86. The van der Waals surface area contributed by atoms with E-state index < -0.39 is 0 Å². The van der Waals surface area contributed by atoms with Crippen LogP contribution in [0, 0.1) is 5.92 Å². The summed E-state index contributed by atoms with van der Waals surface area (Å²) in [7, 11) is 0. The van der Waals surface area contributed by atoms with Crippen molar-refractivity contribution in [1.29, 1.82) is 0 Å². The summed E-state index contributed by atoms with van der Waals surface area (Å²) < 4.78 is 11.2. The average molecular weight is 276 g/mol. The summed E-state index contributed by atoms with van der Waals surface area (Å²) in [6.45, 7) is 1.26. The molecule has 1 aromatic rings. The molecule has 0 aromatic heterocycles. The van der Waals surface area contributed by atoms with Gasteiger partial charge in [0.05, 0.1) is 0 Å². The zero-order valence-corrected chi connectivity index (χ0v) is 11.9. The van der Waals surface area contributed by atoms with Gasteiger partial charge in [0.15, 0.2) is 11.5 Å². The maximum Gasteiger partial charge on any atom is 0.161 e. The number of hydrogen-bond acceptors (Lipinski definition) is 4. The summed E-state index contributed by atoms with van der Waals surface area (Å²) in [4.78, 5) is 0. The highest BCUT2D eigenvalue weighted by atomic mass is 16.6. The van der Waals surface area contributed by atoms with Gasteiger partial charge in [0.1, 0.15) is 13.2 Å². The predicted octanol–water partition coefficient (Wildman–Crippen LogP) is 2.93. The summed E-state index contributed by atoms with van der Waals surface area (Å²) in [6, 6.07) is 6.37. The largest absolute Gasteiger partial charge is 0.486 e.